The van der Waals surface area contributed by atoms with Gasteiger partial charge in [-0.25, -0.2) is 4.39 Å². The summed E-state index contributed by atoms with van der Waals surface area (Å²) >= 11 is 8.09. The zero-order valence-electron chi connectivity index (χ0n) is 6.43. The number of hydrogen-bond acceptors (Lipinski definition) is 1. The summed E-state index contributed by atoms with van der Waals surface area (Å²) in [6.45, 7) is 0. The standard InChI is InChI=1S/C9H5BrClFO/c10-7-3-1-2-6(9(7)12)4-5-8(11)13/h1-5H/b5-4+. The van der Waals surface area contributed by atoms with Gasteiger partial charge in [0, 0.05) is 5.56 Å². The van der Waals surface area contributed by atoms with Crippen LogP contribution in [-0.2, 0) is 4.79 Å². The summed E-state index contributed by atoms with van der Waals surface area (Å²) < 4.78 is 13.6. The van der Waals surface area contributed by atoms with Gasteiger partial charge in [0.25, 0.3) is 0 Å². The van der Waals surface area contributed by atoms with Crippen LogP contribution in [0.3, 0.4) is 0 Å². The first-order valence-corrected chi connectivity index (χ1v) is 4.60. The minimum Gasteiger partial charge on any atom is -0.276 e. The average molecular weight is 263 g/mol. The SMILES string of the molecule is O=C(Cl)/C=C/c1cccc(Br)c1F. The van der Waals surface area contributed by atoms with Gasteiger partial charge in [-0.1, -0.05) is 12.1 Å². The van der Waals surface area contributed by atoms with Crippen molar-refractivity contribution in [2.24, 2.45) is 0 Å². The third-order valence-electron chi connectivity index (χ3n) is 1.38. The molecular weight excluding hydrogens is 258 g/mol. The lowest BCUT2D eigenvalue weighted by Crippen LogP contribution is -1.84. The fraction of sp³-hybridized carbons (Fsp3) is 0. The minimum absolute atomic E-state index is 0.323. The molecule has 0 atom stereocenters. The smallest absolute Gasteiger partial charge is 0.245 e. The summed E-state index contributed by atoms with van der Waals surface area (Å²) in [5, 5.41) is -0.626. The molecular formula is C9H5BrClFO. The minimum atomic E-state index is -0.626. The molecule has 0 fully saturated rings. The Kier molecular flexibility index (Phi) is 3.63. The molecule has 0 bridgehead atoms. The molecule has 0 aromatic heterocycles. The summed E-state index contributed by atoms with van der Waals surface area (Å²) in [5.41, 5.74) is 0.323. The molecule has 0 radical (unpaired) electrons. The lowest BCUT2D eigenvalue weighted by atomic mass is 10.2. The van der Waals surface area contributed by atoms with E-state index in [1.165, 1.54) is 6.08 Å². The van der Waals surface area contributed by atoms with Gasteiger partial charge < -0.3 is 0 Å². The first kappa shape index (κ1) is 10.4. The molecule has 0 amide bonds. The van der Waals surface area contributed by atoms with Crippen LogP contribution in [0.5, 0.6) is 0 Å². The summed E-state index contributed by atoms with van der Waals surface area (Å²) in [7, 11) is 0. The van der Waals surface area contributed by atoms with Gasteiger partial charge in [-0.3, -0.25) is 4.79 Å². The Labute approximate surface area is 88.3 Å². The molecule has 0 N–H and O–H groups in total. The van der Waals surface area contributed by atoms with Crippen molar-refractivity contribution < 1.29 is 9.18 Å². The molecule has 0 saturated heterocycles. The molecule has 1 rings (SSSR count). The third-order valence-corrected chi connectivity index (χ3v) is 2.11. The molecule has 13 heavy (non-hydrogen) atoms. The average Bonchev–Trinajstić information content (AvgIpc) is 2.07. The molecule has 0 heterocycles. The Morgan fingerprint density at radius 3 is 2.85 bits per heavy atom. The van der Waals surface area contributed by atoms with E-state index in [4.69, 9.17) is 11.6 Å². The zero-order valence-corrected chi connectivity index (χ0v) is 8.77. The molecule has 1 aromatic rings. The highest BCUT2D eigenvalue weighted by Gasteiger charge is 2.02. The molecule has 68 valence electrons. The van der Waals surface area contributed by atoms with E-state index >= 15 is 0 Å². The van der Waals surface area contributed by atoms with E-state index in [1.807, 2.05) is 0 Å². The zero-order chi connectivity index (χ0) is 9.84. The third kappa shape index (κ3) is 2.94. The highest BCUT2D eigenvalue weighted by Crippen LogP contribution is 2.19. The van der Waals surface area contributed by atoms with Crippen LogP contribution in [0.2, 0.25) is 0 Å². The molecule has 0 aliphatic carbocycles. The summed E-state index contributed by atoms with van der Waals surface area (Å²) in [6.07, 6.45) is 2.43. The molecule has 0 aliphatic heterocycles. The van der Waals surface area contributed by atoms with Gasteiger partial charge in [-0.2, -0.15) is 0 Å². The quantitative estimate of drug-likeness (QED) is 0.590. The van der Waals surface area contributed by atoms with Gasteiger partial charge in [0.1, 0.15) is 5.82 Å². The van der Waals surface area contributed by atoms with Gasteiger partial charge >= 0.3 is 0 Å². The Balaban J connectivity index is 3.02. The second-order valence-corrected chi connectivity index (χ2v) is 3.51. The van der Waals surface area contributed by atoms with Gasteiger partial charge in [0.05, 0.1) is 4.47 Å². The van der Waals surface area contributed by atoms with E-state index in [9.17, 15) is 9.18 Å². The first-order chi connectivity index (χ1) is 6.11. The summed E-state index contributed by atoms with van der Waals surface area (Å²) in [6, 6.07) is 4.80. The van der Waals surface area contributed by atoms with Gasteiger partial charge in [-0.05, 0) is 45.7 Å². The highest BCUT2D eigenvalue weighted by atomic mass is 79.9. The Morgan fingerprint density at radius 1 is 1.54 bits per heavy atom. The van der Waals surface area contributed by atoms with Gasteiger partial charge in [-0.15, -0.1) is 0 Å². The van der Waals surface area contributed by atoms with Crippen molar-refractivity contribution >= 4 is 38.8 Å². The maximum absolute atomic E-state index is 13.2. The van der Waals surface area contributed by atoms with Gasteiger partial charge in [0.15, 0.2) is 0 Å². The van der Waals surface area contributed by atoms with E-state index in [2.05, 4.69) is 15.9 Å². The highest BCUT2D eigenvalue weighted by molar-refractivity contribution is 9.10. The molecule has 0 unspecified atom stereocenters. The normalized spacial score (nSPS) is 10.7. The number of carbonyl (C=O) groups excluding carboxylic acids is 1. The molecule has 0 aliphatic rings. The Hall–Kier alpha value is -0.670. The predicted octanol–water partition coefficient (Wildman–Crippen LogP) is 3.37. The van der Waals surface area contributed by atoms with E-state index in [0.29, 0.717) is 10.0 Å². The van der Waals surface area contributed by atoms with Crippen molar-refractivity contribution in [3.05, 3.63) is 40.1 Å². The van der Waals surface area contributed by atoms with Crippen LogP contribution < -0.4 is 0 Å². The Morgan fingerprint density at radius 2 is 2.23 bits per heavy atom. The van der Waals surface area contributed by atoms with Crippen LogP contribution >= 0.6 is 27.5 Å². The fourth-order valence-electron chi connectivity index (χ4n) is 0.804. The Bertz CT molecular complexity index is 363. The van der Waals surface area contributed by atoms with E-state index in [-0.39, 0.29) is 0 Å². The number of rotatable bonds is 2. The van der Waals surface area contributed by atoms with Crippen molar-refractivity contribution in [1.82, 2.24) is 0 Å². The molecule has 4 heteroatoms. The number of hydrogen-bond donors (Lipinski definition) is 0. The number of allylic oxidation sites excluding steroid dienone is 1. The topological polar surface area (TPSA) is 17.1 Å². The van der Waals surface area contributed by atoms with E-state index in [0.717, 1.165) is 6.08 Å². The lowest BCUT2D eigenvalue weighted by Gasteiger charge is -1.97. The first-order valence-electron chi connectivity index (χ1n) is 3.43. The van der Waals surface area contributed by atoms with E-state index < -0.39 is 11.1 Å². The van der Waals surface area contributed by atoms with Crippen molar-refractivity contribution in [1.29, 1.82) is 0 Å². The molecule has 1 aromatic carbocycles. The van der Waals surface area contributed by atoms with Crippen LogP contribution in [0.25, 0.3) is 6.08 Å². The molecule has 0 spiro atoms. The summed E-state index contributed by atoms with van der Waals surface area (Å²) in [5.74, 6) is -0.406. The predicted molar refractivity (Wildman–Crippen MR) is 54.0 cm³/mol. The van der Waals surface area contributed by atoms with Crippen molar-refractivity contribution in [2.75, 3.05) is 0 Å². The van der Waals surface area contributed by atoms with Crippen molar-refractivity contribution in [2.45, 2.75) is 0 Å². The monoisotopic (exact) mass is 262 g/mol. The maximum atomic E-state index is 13.2. The van der Waals surface area contributed by atoms with Crippen molar-refractivity contribution in [3.8, 4) is 0 Å². The maximum Gasteiger partial charge on any atom is 0.245 e. The van der Waals surface area contributed by atoms with Crippen LogP contribution in [0.1, 0.15) is 5.56 Å². The van der Waals surface area contributed by atoms with Crippen LogP contribution in [0, 0.1) is 5.82 Å². The molecule has 0 saturated carbocycles. The van der Waals surface area contributed by atoms with Gasteiger partial charge in [0.2, 0.25) is 5.24 Å². The second-order valence-electron chi connectivity index (χ2n) is 2.28. The lowest BCUT2D eigenvalue weighted by molar-refractivity contribution is -0.107. The fourth-order valence-corrected chi connectivity index (χ4v) is 1.25. The number of carbonyl (C=O) groups is 1. The van der Waals surface area contributed by atoms with Crippen LogP contribution in [0.15, 0.2) is 28.7 Å². The molecule has 1 nitrogen and oxygen atoms in total. The largest absolute Gasteiger partial charge is 0.276 e. The van der Waals surface area contributed by atoms with Crippen LogP contribution in [0.4, 0.5) is 4.39 Å². The van der Waals surface area contributed by atoms with E-state index in [1.54, 1.807) is 18.2 Å². The summed E-state index contributed by atoms with van der Waals surface area (Å²) in [4.78, 5) is 10.4. The number of halogens is 3. The van der Waals surface area contributed by atoms with Crippen LogP contribution in [-0.4, -0.2) is 5.24 Å². The van der Waals surface area contributed by atoms with Crippen molar-refractivity contribution in [3.63, 3.8) is 0 Å². The second kappa shape index (κ2) is 4.53. The number of benzene rings is 1.